The van der Waals surface area contributed by atoms with Gasteiger partial charge in [0.2, 0.25) is 0 Å². The Morgan fingerprint density at radius 3 is 1.68 bits per heavy atom. The van der Waals surface area contributed by atoms with Crippen LogP contribution in [-0.2, 0) is 51.8 Å². The number of carbonyl (C=O) groups excluding carboxylic acids is 1. The lowest BCUT2D eigenvalue weighted by Gasteiger charge is -2.46. The Kier molecular flexibility index (Phi) is 37.4. The van der Waals surface area contributed by atoms with Gasteiger partial charge in [-0.25, -0.2) is 4.57 Å². The first-order valence-corrected chi connectivity index (χ1v) is 28.7. The van der Waals surface area contributed by atoms with Crippen LogP contribution in [0.2, 0.25) is 0 Å². The van der Waals surface area contributed by atoms with Gasteiger partial charge in [-0.15, -0.1) is 0 Å². The number of methoxy groups -OCH3 is 2. The molecule has 2 saturated heterocycles. The molecule has 16 nitrogen and oxygen atoms in total. The minimum Gasteiger partial charge on any atom is -0.454 e. The molecule has 0 aromatic carbocycles. The summed E-state index contributed by atoms with van der Waals surface area (Å²) in [5.41, 5.74) is 0. The third-order valence-corrected chi connectivity index (χ3v) is 13.7. The molecule has 5 N–H and O–H groups in total. The molecule has 0 unspecified atom stereocenters. The molecule has 2 aliphatic rings. The maximum Gasteiger partial charge on any atom is 0.470 e. The maximum absolute atomic E-state index is 13.7. The molecule has 0 aromatic heterocycles. The normalized spacial score (nSPS) is 25.9. The van der Waals surface area contributed by atoms with E-state index in [-0.39, 0.29) is 32.3 Å². The summed E-state index contributed by atoms with van der Waals surface area (Å²) < 4.78 is 65.5. The van der Waals surface area contributed by atoms with Gasteiger partial charge in [0.25, 0.3) is 0 Å². The molecule has 408 valence electrons. The maximum atomic E-state index is 13.7. The van der Waals surface area contributed by atoms with Crippen molar-refractivity contribution in [3.8, 4) is 0 Å². The predicted molar refractivity (Wildman–Crippen MR) is 267 cm³/mol. The molecule has 0 bridgehead atoms. The molecular weight excluding hydrogens is 912 g/mol. The lowest BCUT2D eigenvalue weighted by atomic mass is 9.97. The molecular formula is C52H99O16P. The molecule has 0 aliphatic carbocycles. The zero-order valence-corrected chi connectivity index (χ0v) is 44.4. The summed E-state index contributed by atoms with van der Waals surface area (Å²) in [6.45, 7) is 6.27. The second-order valence-corrected chi connectivity index (χ2v) is 20.4. The quantitative estimate of drug-likeness (QED) is 0.0166. The van der Waals surface area contributed by atoms with Gasteiger partial charge in [-0.05, 0) is 51.4 Å². The Morgan fingerprint density at radius 2 is 1.10 bits per heavy atom. The molecule has 2 fully saturated rings. The van der Waals surface area contributed by atoms with E-state index in [0.29, 0.717) is 19.3 Å². The summed E-state index contributed by atoms with van der Waals surface area (Å²) in [6.07, 6.45) is 20.3. The van der Waals surface area contributed by atoms with Crippen molar-refractivity contribution in [1.29, 1.82) is 0 Å². The van der Waals surface area contributed by atoms with Crippen LogP contribution in [0.3, 0.4) is 0 Å². The van der Waals surface area contributed by atoms with Gasteiger partial charge in [0.05, 0.1) is 19.3 Å². The third kappa shape index (κ3) is 28.8. The predicted octanol–water partition coefficient (Wildman–Crippen LogP) is 9.92. The van der Waals surface area contributed by atoms with E-state index in [9.17, 15) is 34.5 Å². The number of phosphoric ester groups is 1. The monoisotopic (exact) mass is 1010 g/mol. The Balaban J connectivity index is 2.18. The van der Waals surface area contributed by atoms with Crippen LogP contribution in [0.1, 0.15) is 207 Å². The summed E-state index contributed by atoms with van der Waals surface area (Å²) in [4.78, 5) is 33.9. The van der Waals surface area contributed by atoms with Crippen LogP contribution in [0.5, 0.6) is 0 Å². The summed E-state index contributed by atoms with van der Waals surface area (Å²) >= 11 is 0. The highest BCUT2D eigenvalue weighted by molar-refractivity contribution is 7.46. The fourth-order valence-electron chi connectivity index (χ4n) is 9.05. The number of phosphoric acid groups is 1. The molecule has 17 heteroatoms. The highest BCUT2D eigenvalue weighted by Gasteiger charge is 2.53. The summed E-state index contributed by atoms with van der Waals surface area (Å²) in [7, 11) is -2.15. The second kappa shape index (κ2) is 40.3. The van der Waals surface area contributed by atoms with E-state index < -0.39 is 81.8 Å². The SMILES string of the molecule is CCCCCCC=CCCCCCCCCCC(=O)O[C@H]1[C@H](OC[C@H]2O[C@H](O)[C@H](O)[C@@H](OCCCCCCCCCC)[C@@H]2O)O[C@H](COC)[C@@H](OP(=O)(O)O)[C@@H]1OCC[C@@H](CCCCCCC)OC. The van der Waals surface area contributed by atoms with E-state index in [1.54, 1.807) is 7.11 Å². The number of aliphatic hydroxyl groups excluding tert-OH is 3. The summed E-state index contributed by atoms with van der Waals surface area (Å²) in [6, 6.07) is 0. The molecule has 0 amide bonds. The van der Waals surface area contributed by atoms with E-state index >= 15 is 0 Å². The van der Waals surface area contributed by atoms with Crippen LogP contribution in [0, 0.1) is 0 Å². The van der Waals surface area contributed by atoms with Crippen molar-refractivity contribution >= 4 is 13.8 Å². The number of hydrogen-bond donors (Lipinski definition) is 5. The zero-order valence-electron chi connectivity index (χ0n) is 43.5. The van der Waals surface area contributed by atoms with E-state index in [1.165, 1.54) is 64.9 Å². The number of esters is 1. The molecule has 11 atom stereocenters. The minimum atomic E-state index is -5.17. The topological polar surface area (TPSA) is 218 Å². The lowest BCUT2D eigenvalue weighted by molar-refractivity contribution is -0.331. The number of hydrogen-bond acceptors (Lipinski definition) is 14. The van der Waals surface area contributed by atoms with Crippen LogP contribution in [0.25, 0.3) is 0 Å². The standard InChI is InChI=1S/C52H99O16P/c1-6-9-12-15-17-19-20-21-22-23-24-25-26-29-32-35-44(53)67-50-49(63-38-36-41(61-5)34-31-28-14-11-8-3)47(68-69(57,58)59)43(39-60-4)66-52(50)64-40-42-45(54)48(46(55)51(56)65-42)62-37-33-30-27-18-16-13-10-7-2/h19-20,41-43,45-52,54-56H,6-18,21-40H2,1-5H3,(H2,57,58,59)/t41-,42-,43-,45-,46-,47-,48+,49+,50-,51+,52-/m1/s1. The van der Waals surface area contributed by atoms with E-state index in [4.69, 9.17) is 42.4 Å². The van der Waals surface area contributed by atoms with Gasteiger partial charge in [-0.2, -0.15) is 0 Å². The molecule has 0 aromatic rings. The van der Waals surface area contributed by atoms with Gasteiger partial charge in [-0.1, -0.05) is 161 Å². The van der Waals surface area contributed by atoms with Gasteiger partial charge in [0.15, 0.2) is 18.7 Å². The number of aliphatic hydroxyl groups is 3. The fourth-order valence-corrected chi connectivity index (χ4v) is 9.62. The first-order valence-electron chi connectivity index (χ1n) is 27.2. The van der Waals surface area contributed by atoms with Gasteiger partial charge in [0.1, 0.15) is 42.7 Å². The van der Waals surface area contributed by atoms with Crippen molar-refractivity contribution in [3.05, 3.63) is 12.2 Å². The summed E-state index contributed by atoms with van der Waals surface area (Å²) in [5.74, 6) is -0.587. The first-order chi connectivity index (χ1) is 33.4. The second-order valence-electron chi connectivity index (χ2n) is 19.2. The zero-order chi connectivity index (χ0) is 50.5. The van der Waals surface area contributed by atoms with Crippen LogP contribution < -0.4 is 0 Å². The fraction of sp³-hybridized carbons (Fsp3) is 0.942. The van der Waals surface area contributed by atoms with Crippen molar-refractivity contribution in [2.75, 3.05) is 40.6 Å². The van der Waals surface area contributed by atoms with E-state index in [1.807, 2.05) is 0 Å². The molecule has 0 saturated carbocycles. The average Bonchev–Trinajstić information content (AvgIpc) is 3.32. The molecule has 69 heavy (non-hydrogen) atoms. The highest BCUT2D eigenvalue weighted by atomic mass is 31.2. The lowest BCUT2D eigenvalue weighted by Crippen LogP contribution is -2.63. The number of carbonyl (C=O) groups is 1. The number of allylic oxidation sites excluding steroid dienone is 2. The number of unbranched alkanes of at least 4 members (excludes halogenated alkanes) is 22. The Labute approximate surface area is 416 Å². The van der Waals surface area contributed by atoms with Gasteiger partial charge >= 0.3 is 13.8 Å². The molecule has 2 rings (SSSR count). The number of ether oxygens (including phenoxy) is 8. The highest BCUT2D eigenvalue weighted by Crippen LogP contribution is 2.43. The number of rotatable bonds is 44. The minimum absolute atomic E-state index is 0.0569. The van der Waals surface area contributed by atoms with Crippen molar-refractivity contribution in [2.24, 2.45) is 0 Å². The van der Waals surface area contributed by atoms with Crippen LogP contribution in [0.15, 0.2) is 12.2 Å². The van der Waals surface area contributed by atoms with Crippen molar-refractivity contribution < 1.29 is 76.9 Å². The molecule has 2 aliphatic heterocycles. The van der Waals surface area contributed by atoms with E-state index in [2.05, 4.69) is 32.9 Å². The Hall–Kier alpha value is -1.08. The van der Waals surface area contributed by atoms with Gasteiger partial charge < -0.3 is 63.0 Å². The Bertz CT molecular complexity index is 1310. The van der Waals surface area contributed by atoms with Gasteiger partial charge in [0, 0.05) is 33.9 Å². The van der Waals surface area contributed by atoms with Crippen molar-refractivity contribution in [1.82, 2.24) is 0 Å². The van der Waals surface area contributed by atoms with Crippen molar-refractivity contribution in [3.63, 3.8) is 0 Å². The molecule has 0 radical (unpaired) electrons. The van der Waals surface area contributed by atoms with Crippen molar-refractivity contribution in [2.45, 2.75) is 274 Å². The largest absolute Gasteiger partial charge is 0.470 e. The Morgan fingerprint density at radius 1 is 0.565 bits per heavy atom. The van der Waals surface area contributed by atoms with Crippen LogP contribution in [0.4, 0.5) is 0 Å². The molecule has 0 spiro atoms. The third-order valence-electron chi connectivity index (χ3n) is 13.2. The molecule has 2 heterocycles. The first kappa shape index (κ1) is 64.0. The van der Waals surface area contributed by atoms with Gasteiger partial charge in [-0.3, -0.25) is 9.32 Å². The average molecular weight is 1010 g/mol. The van der Waals surface area contributed by atoms with Crippen LogP contribution >= 0.6 is 7.82 Å². The smallest absolute Gasteiger partial charge is 0.454 e. The van der Waals surface area contributed by atoms with E-state index in [0.717, 1.165) is 103 Å². The van der Waals surface area contributed by atoms with Crippen LogP contribution in [-0.4, -0.2) is 139 Å². The summed E-state index contributed by atoms with van der Waals surface area (Å²) in [5, 5.41) is 32.9.